The largest absolute Gasteiger partial charge is 0.363 e. The summed E-state index contributed by atoms with van der Waals surface area (Å²) in [6.45, 7) is 3.69. The Kier molecular flexibility index (Phi) is 6.69. The highest BCUT2D eigenvalue weighted by atomic mass is 32.3. The zero-order valence-corrected chi connectivity index (χ0v) is 21.3. The van der Waals surface area contributed by atoms with Gasteiger partial charge in [0, 0.05) is 47.7 Å². The summed E-state index contributed by atoms with van der Waals surface area (Å²) in [4.78, 5) is 32.0. The van der Waals surface area contributed by atoms with Crippen molar-refractivity contribution in [3.63, 3.8) is 0 Å². The van der Waals surface area contributed by atoms with Gasteiger partial charge in [0.15, 0.2) is 0 Å². The van der Waals surface area contributed by atoms with Crippen LogP contribution in [0.25, 0.3) is 0 Å². The molecule has 10 heteroatoms. The monoisotopic (exact) mass is 516 g/mol. The van der Waals surface area contributed by atoms with Crippen LogP contribution in [0.1, 0.15) is 61.5 Å². The maximum Gasteiger partial charge on any atom is 0.251 e. The first-order chi connectivity index (χ1) is 17.1. The van der Waals surface area contributed by atoms with Gasteiger partial charge < -0.3 is 15.5 Å². The number of rotatable bonds is 5. The van der Waals surface area contributed by atoms with Gasteiger partial charge in [0.25, 0.3) is 5.91 Å². The maximum atomic E-state index is 13.5. The van der Waals surface area contributed by atoms with Crippen molar-refractivity contribution < 1.29 is 23.1 Å². The molecule has 36 heavy (non-hydrogen) atoms. The van der Waals surface area contributed by atoms with Crippen LogP contribution < -0.4 is 15.5 Å². The van der Waals surface area contributed by atoms with Gasteiger partial charge in [-0.1, -0.05) is 6.92 Å². The molecule has 3 atom stereocenters. The molecule has 3 heterocycles. The van der Waals surface area contributed by atoms with E-state index in [4.69, 9.17) is 0 Å². The van der Waals surface area contributed by atoms with Gasteiger partial charge in [-0.05, 0) is 67.5 Å². The maximum absolute atomic E-state index is 13.5. The lowest BCUT2D eigenvalue weighted by atomic mass is 9.79. The zero-order chi connectivity index (χ0) is 25.6. The van der Waals surface area contributed by atoms with Crippen LogP contribution in [0.3, 0.4) is 0 Å². The third kappa shape index (κ3) is 5.07. The van der Waals surface area contributed by atoms with Gasteiger partial charge in [0.2, 0.25) is 5.91 Å². The number of benzene rings is 1. The quantitative estimate of drug-likeness (QED) is 0.454. The molecule has 2 amide bonds. The predicted octanol–water partition coefficient (Wildman–Crippen LogP) is 4.80. The number of carbonyl (C=O) groups excluding carboxylic acids is 2. The van der Waals surface area contributed by atoms with Crippen molar-refractivity contribution in [1.82, 2.24) is 10.3 Å². The lowest BCUT2D eigenvalue weighted by molar-refractivity contribution is -0.117. The van der Waals surface area contributed by atoms with Gasteiger partial charge in [-0.2, -0.15) is 10.6 Å². The molecule has 1 aliphatic carbocycles. The Morgan fingerprint density at radius 1 is 1.11 bits per heavy atom. The molecule has 3 aliphatic rings. The van der Waals surface area contributed by atoms with Crippen molar-refractivity contribution in [3.8, 4) is 0 Å². The number of halogens is 1. The summed E-state index contributed by atoms with van der Waals surface area (Å²) in [6, 6.07) is 8.05. The number of anilines is 2. The number of hydrogen-bond donors (Lipinski definition) is 4. The van der Waals surface area contributed by atoms with Crippen molar-refractivity contribution in [2.45, 2.75) is 57.7 Å². The Labute approximate surface area is 212 Å². The van der Waals surface area contributed by atoms with Crippen LogP contribution in [0.5, 0.6) is 0 Å². The van der Waals surface area contributed by atoms with Gasteiger partial charge >= 0.3 is 0 Å². The predicted molar refractivity (Wildman–Crippen MR) is 139 cm³/mol. The Hall–Kier alpha value is -2.69. The summed E-state index contributed by atoms with van der Waals surface area (Å²) in [5.74, 6) is 0.897. The number of pyridine rings is 1. The Balaban J connectivity index is 1.47. The van der Waals surface area contributed by atoms with Crippen LogP contribution in [-0.4, -0.2) is 49.5 Å². The molecule has 0 unspecified atom stereocenters. The highest BCUT2D eigenvalue weighted by molar-refractivity contribution is 8.24. The summed E-state index contributed by atoms with van der Waals surface area (Å²) < 4.78 is 33.2. The molecule has 2 aliphatic heterocycles. The molecular formula is C26H33FN4O4S. The van der Waals surface area contributed by atoms with E-state index in [1.165, 1.54) is 12.3 Å². The lowest BCUT2D eigenvalue weighted by Gasteiger charge is -2.46. The van der Waals surface area contributed by atoms with E-state index in [1.807, 2.05) is 17.0 Å². The fourth-order valence-corrected chi connectivity index (χ4v) is 7.18. The summed E-state index contributed by atoms with van der Waals surface area (Å²) >= 11 is 0. The van der Waals surface area contributed by atoms with Crippen molar-refractivity contribution in [1.29, 1.82) is 0 Å². The third-order valence-corrected chi connectivity index (χ3v) is 9.42. The van der Waals surface area contributed by atoms with Crippen LogP contribution >= 0.6 is 10.6 Å². The second kappa shape index (κ2) is 9.64. The van der Waals surface area contributed by atoms with Crippen molar-refractivity contribution in [2.75, 3.05) is 21.7 Å². The molecule has 0 spiro atoms. The molecule has 2 fully saturated rings. The van der Waals surface area contributed by atoms with Gasteiger partial charge in [-0.25, -0.2) is 9.37 Å². The molecule has 2 aromatic rings. The molecule has 8 nitrogen and oxygen atoms in total. The average molecular weight is 517 g/mol. The summed E-state index contributed by atoms with van der Waals surface area (Å²) in [7, 11) is -2.52. The number of nitrogens with one attached hydrogen (secondary N) is 2. The standard InChI is InChI=1S/C26H33FN4O4S/c1-15-24(30-23-8-6-19(27)14-28-23)21-13-18(26(33)29-20-9-11-36(34,35)12-10-20)5-7-22(21)31(16(2)32)25(15)17-3-4-17/h5-8,13-15,17,20,24-25,34-35H,3-4,9-12H2,1-2H3,(H,28,30)(H,29,33)/t15-,24-,25-/m1/s1. The van der Waals surface area contributed by atoms with Gasteiger partial charge in [0.05, 0.1) is 12.2 Å². The number of nitrogens with zero attached hydrogens (tertiary/aromatic N) is 2. The first kappa shape index (κ1) is 25.0. The van der Waals surface area contributed by atoms with Crippen molar-refractivity contribution in [2.24, 2.45) is 11.8 Å². The van der Waals surface area contributed by atoms with Crippen molar-refractivity contribution >= 4 is 33.9 Å². The second-order valence-electron chi connectivity index (χ2n) is 10.3. The van der Waals surface area contributed by atoms with E-state index in [0.717, 1.165) is 24.1 Å². The highest BCUT2D eigenvalue weighted by Crippen LogP contribution is 2.50. The van der Waals surface area contributed by atoms with Gasteiger partial charge in [0.1, 0.15) is 11.6 Å². The van der Waals surface area contributed by atoms with E-state index in [9.17, 15) is 23.1 Å². The average Bonchev–Trinajstić information content (AvgIpc) is 3.67. The van der Waals surface area contributed by atoms with E-state index >= 15 is 0 Å². The smallest absolute Gasteiger partial charge is 0.251 e. The van der Waals surface area contributed by atoms with Gasteiger partial charge in [-0.15, -0.1) is 0 Å². The fraction of sp³-hybridized carbons (Fsp3) is 0.500. The lowest BCUT2D eigenvalue weighted by Crippen LogP contribution is -2.51. The molecule has 1 saturated heterocycles. The minimum Gasteiger partial charge on any atom is -0.363 e. The molecule has 1 aromatic heterocycles. The van der Waals surface area contributed by atoms with E-state index in [2.05, 4.69) is 22.5 Å². The number of hydrogen-bond acceptors (Lipinski definition) is 6. The molecule has 5 rings (SSSR count). The normalized spacial score (nSPS) is 26.6. The van der Waals surface area contributed by atoms with E-state index in [-0.39, 0.29) is 35.9 Å². The summed E-state index contributed by atoms with van der Waals surface area (Å²) in [5, 5.41) is 6.47. The van der Waals surface area contributed by atoms with Crippen LogP contribution in [0.4, 0.5) is 15.9 Å². The third-order valence-electron chi connectivity index (χ3n) is 7.64. The van der Waals surface area contributed by atoms with Crippen molar-refractivity contribution in [3.05, 3.63) is 53.5 Å². The van der Waals surface area contributed by atoms with Gasteiger partial charge in [-0.3, -0.25) is 18.7 Å². The molecule has 194 valence electrons. The van der Waals surface area contributed by atoms with E-state index in [1.54, 1.807) is 19.1 Å². The number of carbonyl (C=O) groups is 2. The molecule has 0 radical (unpaired) electrons. The molecule has 1 aromatic carbocycles. The van der Waals surface area contributed by atoms with E-state index in [0.29, 0.717) is 41.6 Å². The molecule has 0 bridgehead atoms. The fourth-order valence-electron chi connectivity index (χ4n) is 5.65. The first-order valence-corrected chi connectivity index (χ1v) is 14.4. The van der Waals surface area contributed by atoms with Crippen LogP contribution in [-0.2, 0) is 4.79 Å². The van der Waals surface area contributed by atoms with Crippen LogP contribution in [0.2, 0.25) is 0 Å². The Morgan fingerprint density at radius 2 is 1.83 bits per heavy atom. The van der Waals surface area contributed by atoms with Crippen LogP contribution in [0.15, 0.2) is 36.5 Å². The van der Waals surface area contributed by atoms with E-state index < -0.39 is 16.4 Å². The minimum atomic E-state index is -2.52. The second-order valence-corrected chi connectivity index (χ2v) is 12.7. The summed E-state index contributed by atoms with van der Waals surface area (Å²) in [6.07, 6.45) is 4.36. The number of aromatic nitrogens is 1. The van der Waals surface area contributed by atoms with Crippen LogP contribution in [0, 0.1) is 17.7 Å². The minimum absolute atomic E-state index is 0.0228. The number of fused-ring (bicyclic) bond motifs is 1. The Bertz CT molecular complexity index is 1150. The SMILES string of the molecule is CC(=O)N1c2ccc(C(=O)NC3CCS(O)(O)CC3)cc2[C@H](Nc2ccc(F)cn2)[C@@H](C)[C@@H]1C1CC1. The number of amides is 2. The Morgan fingerprint density at radius 3 is 2.44 bits per heavy atom. The first-order valence-electron chi connectivity index (χ1n) is 12.5. The molecule has 1 saturated carbocycles. The molecule has 4 N–H and O–H groups in total. The zero-order valence-electron chi connectivity index (χ0n) is 20.5. The molecular weight excluding hydrogens is 483 g/mol. The highest BCUT2D eigenvalue weighted by Gasteiger charge is 2.47. The topological polar surface area (TPSA) is 115 Å². The summed E-state index contributed by atoms with van der Waals surface area (Å²) in [5.41, 5.74) is 2.08.